The molecule has 0 saturated heterocycles. The Morgan fingerprint density at radius 3 is 2.38 bits per heavy atom. The summed E-state index contributed by atoms with van der Waals surface area (Å²) in [6.07, 6.45) is 1.35. The van der Waals surface area contributed by atoms with E-state index in [0.717, 1.165) is 11.1 Å². The number of rotatable bonds is 3. The molecule has 0 saturated carbocycles. The van der Waals surface area contributed by atoms with Crippen LogP contribution in [0.25, 0.3) is 0 Å². The molecule has 0 heterocycles. The molecule has 0 bridgehead atoms. The van der Waals surface area contributed by atoms with Crippen LogP contribution in [-0.2, 0) is 22.4 Å². The van der Waals surface area contributed by atoms with Crippen LogP contribution in [0.2, 0.25) is 0 Å². The quantitative estimate of drug-likeness (QED) is 0.641. The highest BCUT2D eigenvalue weighted by molar-refractivity contribution is 6.09. The Balaban J connectivity index is 1.86. The Morgan fingerprint density at radius 2 is 1.67 bits per heavy atom. The largest absolute Gasteiger partial charge is 0.469 e. The van der Waals surface area contributed by atoms with Crippen LogP contribution in [0, 0.1) is 5.92 Å². The van der Waals surface area contributed by atoms with Gasteiger partial charge in [-0.15, -0.1) is 0 Å². The van der Waals surface area contributed by atoms with Gasteiger partial charge in [-0.1, -0.05) is 42.5 Å². The van der Waals surface area contributed by atoms with Gasteiger partial charge in [-0.3, -0.25) is 9.59 Å². The predicted molar refractivity (Wildman–Crippen MR) is 79.2 cm³/mol. The predicted octanol–water partition coefficient (Wildman–Crippen LogP) is 2.81. The third-order valence-electron chi connectivity index (χ3n) is 3.97. The molecular formula is C18H16O3. The lowest BCUT2D eigenvalue weighted by Crippen LogP contribution is -2.15. The average Bonchev–Trinajstić information content (AvgIpc) is 2.97. The van der Waals surface area contributed by atoms with Gasteiger partial charge in [-0.05, 0) is 30.0 Å². The molecule has 2 aromatic rings. The van der Waals surface area contributed by atoms with Gasteiger partial charge >= 0.3 is 5.97 Å². The highest BCUT2D eigenvalue weighted by Crippen LogP contribution is 2.29. The van der Waals surface area contributed by atoms with Gasteiger partial charge in [-0.25, -0.2) is 0 Å². The van der Waals surface area contributed by atoms with Crippen LogP contribution < -0.4 is 0 Å². The summed E-state index contributed by atoms with van der Waals surface area (Å²) in [6, 6.07) is 14.9. The molecule has 0 spiro atoms. The Labute approximate surface area is 123 Å². The minimum absolute atomic E-state index is 0.0138. The minimum Gasteiger partial charge on any atom is -0.469 e. The van der Waals surface area contributed by atoms with Crippen molar-refractivity contribution in [2.24, 2.45) is 5.92 Å². The number of hydrogen-bond donors (Lipinski definition) is 0. The van der Waals surface area contributed by atoms with E-state index in [1.54, 1.807) is 0 Å². The molecule has 1 atom stereocenters. The fraction of sp³-hybridized carbons (Fsp3) is 0.222. The maximum absolute atomic E-state index is 12.4. The topological polar surface area (TPSA) is 43.4 Å². The van der Waals surface area contributed by atoms with Gasteiger partial charge in [0.1, 0.15) is 0 Å². The van der Waals surface area contributed by atoms with Crippen molar-refractivity contribution in [2.75, 3.05) is 7.11 Å². The summed E-state index contributed by atoms with van der Waals surface area (Å²) in [5.74, 6) is -0.283. The summed E-state index contributed by atoms with van der Waals surface area (Å²) in [5.41, 5.74) is 3.56. The van der Waals surface area contributed by atoms with E-state index < -0.39 is 0 Å². The highest BCUT2D eigenvalue weighted by atomic mass is 16.5. The van der Waals surface area contributed by atoms with Crippen molar-refractivity contribution < 1.29 is 14.3 Å². The van der Waals surface area contributed by atoms with Crippen molar-refractivity contribution in [1.29, 1.82) is 0 Å². The normalized spacial score (nSPS) is 16.3. The van der Waals surface area contributed by atoms with Crippen LogP contribution in [0.1, 0.15) is 27.0 Å². The molecule has 2 aromatic carbocycles. The maximum Gasteiger partial charge on any atom is 0.309 e. The molecule has 21 heavy (non-hydrogen) atoms. The number of methoxy groups -OCH3 is 1. The van der Waals surface area contributed by atoms with Gasteiger partial charge in [0.05, 0.1) is 13.0 Å². The van der Waals surface area contributed by atoms with E-state index in [2.05, 4.69) is 0 Å². The first-order valence-electron chi connectivity index (χ1n) is 6.98. The highest BCUT2D eigenvalue weighted by Gasteiger charge is 2.28. The molecular weight excluding hydrogens is 264 g/mol. The SMILES string of the molecule is COC(=O)C1Cc2ccc(C(=O)c3ccccc3)cc2C1. The van der Waals surface area contributed by atoms with E-state index in [0.29, 0.717) is 24.0 Å². The number of benzene rings is 2. The van der Waals surface area contributed by atoms with E-state index in [4.69, 9.17) is 4.74 Å². The number of hydrogen-bond acceptors (Lipinski definition) is 3. The second-order valence-electron chi connectivity index (χ2n) is 5.31. The minimum atomic E-state index is -0.179. The molecule has 0 aromatic heterocycles. The smallest absolute Gasteiger partial charge is 0.309 e. The summed E-state index contributed by atoms with van der Waals surface area (Å²) in [7, 11) is 1.41. The number of carbonyl (C=O) groups excluding carboxylic acids is 2. The standard InChI is InChI=1S/C18H16O3/c1-21-18(20)16-9-13-7-8-14(10-15(13)11-16)17(19)12-5-3-2-4-6-12/h2-8,10,16H,9,11H2,1H3. The lowest BCUT2D eigenvalue weighted by atomic mass is 9.99. The average molecular weight is 280 g/mol. The lowest BCUT2D eigenvalue weighted by Gasteiger charge is -2.04. The second-order valence-corrected chi connectivity index (χ2v) is 5.31. The Morgan fingerprint density at radius 1 is 0.952 bits per heavy atom. The molecule has 1 aliphatic rings. The second kappa shape index (κ2) is 5.52. The molecule has 0 N–H and O–H groups in total. The Bertz CT molecular complexity index is 689. The zero-order chi connectivity index (χ0) is 14.8. The van der Waals surface area contributed by atoms with Gasteiger partial charge in [0.2, 0.25) is 0 Å². The van der Waals surface area contributed by atoms with E-state index in [9.17, 15) is 9.59 Å². The van der Waals surface area contributed by atoms with Gasteiger partial charge in [0.25, 0.3) is 0 Å². The third kappa shape index (κ3) is 2.59. The summed E-state index contributed by atoms with van der Waals surface area (Å²) >= 11 is 0. The molecule has 1 aliphatic carbocycles. The van der Waals surface area contributed by atoms with Crippen molar-refractivity contribution in [1.82, 2.24) is 0 Å². The molecule has 1 unspecified atom stereocenters. The number of ether oxygens (including phenoxy) is 1. The fourth-order valence-corrected chi connectivity index (χ4v) is 2.85. The van der Waals surface area contributed by atoms with Crippen molar-refractivity contribution in [3.8, 4) is 0 Å². The monoisotopic (exact) mass is 280 g/mol. The van der Waals surface area contributed by atoms with Crippen molar-refractivity contribution in [3.05, 3.63) is 70.8 Å². The van der Waals surface area contributed by atoms with Crippen molar-refractivity contribution >= 4 is 11.8 Å². The molecule has 0 aliphatic heterocycles. The Hall–Kier alpha value is -2.42. The number of fused-ring (bicyclic) bond motifs is 1. The van der Waals surface area contributed by atoms with E-state index >= 15 is 0 Å². The van der Waals surface area contributed by atoms with E-state index in [1.807, 2.05) is 48.5 Å². The summed E-state index contributed by atoms with van der Waals surface area (Å²) in [4.78, 5) is 24.1. The van der Waals surface area contributed by atoms with Crippen LogP contribution in [0.4, 0.5) is 0 Å². The zero-order valence-electron chi connectivity index (χ0n) is 11.8. The molecule has 0 amide bonds. The first-order valence-corrected chi connectivity index (χ1v) is 6.98. The number of esters is 1. The molecule has 0 fully saturated rings. The molecule has 3 nitrogen and oxygen atoms in total. The third-order valence-corrected chi connectivity index (χ3v) is 3.97. The molecule has 0 radical (unpaired) electrons. The van der Waals surface area contributed by atoms with E-state index in [1.165, 1.54) is 7.11 Å². The maximum atomic E-state index is 12.4. The van der Waals surface area contributed by atoms with Crippen LogP contribution in [0.5, 0.6) is 0 Å². The van der Waals surface area contributed by atoms with Gasteiger partial charge in [0.15, 0.2) is 5.78 Å². The molecule has 3 rings (SSSR count). The first-order chi connectivity index (χ1) is 10.2. The first kappa shape index (κ1) is 13.6. The van der Waals surface area contributed by atoms with E-state index in [-0.39, 0.29) is 17.7 Å². The van der Waals surface area contributed by atoms with Gasteiger partial charge < -0.3 is 4.74 Å². The van der Waals surface area contributed by atoms with Crippen LogP contribution >= 0.6 is 0 Å². The zero-order valence-corrected chi connectivity index (χ0v) is 11.8. The Kier molecular flexibility index (Phi) is 3.57. The molecule has 3 heteroatoms. The summed E-state index contributed by atoms with van der Waals surface area (Å²) < 4.78 is 4.81. The van der Waals surface area contributed by atoms with Crippen molar-refractivity contribution in [3.63, 3.8) is 0 Å². The summed E-state index contributed by atoms with van der Waals surface area (Å²) in [6.45, 7) is 0. The number of ketones is 1. The van der Waals surface area contributed by atoms with Crippen LogP contribution in [0.3, 0.4) is 0 Å². The van der Waals surface area contributed by atoms with Gasteiger partial charge in [0, 0.05) is 11.1 Å². The summed E-state index contributed by atoms with van der Waals surface area (Å²) in [5, 5.41) is 0. The fourth-order valence-electron chi connectivity index (χ4n) is 2.85. The van der Waals surface area contributed by atoms with Crippen LogP contribution in [0.15, 0.2) is 48.5 Å². The lowest BCUT2D eigenvalue weighted by molar-refractivity contribution is -0.145. The van der Waals surface area contributed by atoms with Gasteiger partial charge in [-0.2, -0.15) is 0 Å². The number of carbonyl (C=O) groups is 2. The molecule has 106 valence electrons. The van der Waals surface area contributed by atoms with Crippen molar-refractivity contribution in [2.45, 2.75) is 12.8 Å². The van der Waals surface area contributed by atoms with Crippen LogP contribution in [-0.4, -0.2) is 18.9 Å².